The molecule has 0 saturated heterocycles. The molecule has 2 aromatic rings. The molecule has 1 saturated carbocycles. The molecule has 0 spiro atoms. The van der Waals surface area contributed by atoms with Crippen molar-refractivity contribution in [1.82, 2.24) is 14.7 Å². The SMILES string of the molecule is O=C(NCC1CC1)c1nc2sccn2c1Br. The lowest BCUT2D eigenvalue weighted by Crippen LogP contribution is -2.26. The number of nitrogens with zero attached hydrogens (tertiary/aromatic N) is 2. The van der Waals surface area contributed by atoms with Crippen LogP contribution in [0.1, 0.15) is 23.3 Å². The maximum Gasteiger partial charge on any atom is 0.272 e. The molecule has 1 N–H and O–H groups in total. The number of hydrogen-bond donors (Lipinski definition) is 1. The van der Waals surface area contributed by atoms with Crippen molar-refractivity contribution in [2.45, 2.75) is 12.8 Å². The molecule has 0 atom stereocenters. The second kappa shape index (κ2) is 3.85. The molecular weight excluding hydrogens is 290 g/mol. The summed E-state index contributed by atoms with van der Waals surface area (Å²) in [5, 5.41) is 4.86. The standard InChI is InChI=1S/C10H10BrN3OS/c11-8-7(9(15)12-5-6-1-2-6)13-10-14(8)3-4-16-10/h3-4,6H,1-2,5H2,(H,12,15). The summed E-state index contributed by atoms with van der Waals surface area (Å²) >= 11 is 4.92. The van der Waals surface area contributed by atoms with Crippen molar-refractivity contribution in [1.29, 1.82) is 0 Å². The molecule has 1 fully saturated rings. The van der Waals surface area contributed by atoms with Gasteiger partial charge in [0.25, 0.3) is 5.91 Å². The highest BCUT2D eigenvalue weighted by Gasteiger charge is 2.23. The molecule has 0 unspecified atom stereocenters. The summed E-state index contributed by atoms with van der Waals surface area (Å²) in [7, 11) is 0. The molecule has 0 radical (unpaired) electrons. The number of fused-ring (bicyclic) bond motifs is 1. The van der Waals surface area contributed by atoms with Gasteiger partial charge in [0, 0.05) is 18.1 Å². The van der Waals surface area contributed by atoms with Crippen LogP contribution in [-0.2, 0) is 0 Å². The Morgan fingerprint density at radius 1 is 1.69 bits per heavy atom. The van der Waals surface area contributed by atoms with Gasteiger partial charge < -0.3 is 5.32 Å². The van der Waals surface area contributed by atoms with Crippen LogP contribution in [0.15, 0.2) is 16.2 Å². The fraction of sp³-hybridized carbons (Fsp3) is 0.400. The van der Waals surface area contributed by atoms with E-state index in [2.05, 4.69) is 26.2 Å². The van der Waals surface area contributed by atoms with Gasteiger partial charge in [-0.15, -0.1) is 11.3 Å². The predicted molar refractivity (Wildman–Crippen MR) is 65.8 cm³/mol. The van der Waals surface area contributed by atoms with Gasteiger partial charge in [0.1, 0.15) is 4.60 Å². The third kappa shape index (κ3) is 1.76. The Balaban J connectivity index is 1.83. The molecule has 4 nitrogen and oxygen atoms in total. The number of amides is 1. The highest BCUT2D eigenvalue weighted by atomic mass is 79.9. The van der Waals surface area contributed by atoms with Crippen molar-refractivity contribution in [2.24, 2.45) is 5.92 Å². The van der Waals surface area contributed by atoms with E-state index in [1.165, 1.54) is 24.2 Å². The summed E-state index contributed by atoms with van der Waals surface area (Å²) in [6.07, 6.45) is 4.37. The minimum atomic E-state index is -0.0883. The molecule has 1 amide bonds. The first-order chi connectivity index (χ1) is 7.75. The van der Waals surface area contributed by atoms with E-state index in [9.17, 15) is 4.79 Å². The zero-order valence-electron chi connectivity index (χ0n) is 8.44. The van der Waals surface area contributed by atoms with E-state index in [0.717, 1.165) is 16.1 Å². The van der Waals surface area contributed by atoms with Crippen LogP contribution in [0.25, 0.3) is 4.96 Å². The van der Waals surface area contributed by atoms with Crippen molar-refractivity contribution in [3.63, 3.8) is 0 Å². The number of carbonyl (C=O) groups is 1. The third-order valence-corrected chi connectivity index (χ3v) is 4.18. The van der Waals surface area contributed by atoms with Gasteiger partial charge in [-0.3, -0.25) is 9.20 Å². The first-order valence-electron chi connectivity index (χ1n) is 5.15. The Labute approximate surface area is 105 Å². The van der Waals surface area contributed by atoms with E-state index in [1.807, 2.05) is 16.0 Å². The minimum absolute atomic E-state index is 0.0883. The van der Waals surface area contributed by atoms with E-state index in [4.69, 9.17) is 0 Å². The number of imidazole rings is 1. The second-order valence-electron chi connectivity index (χ2n) is 3.96. The Morgan fingerprint density at radius 2 is 2.50 bits per heavy atom. The molecule has 6 heteroatoms. The molecule has 16 heavy (non-hydrogen) atoms. The largest absolute Gasteiger partial charge is 0.350 e. The highest BCUT2D eigenvalue weighted by molar-refractivity contribution is 9.10. The van der Waals surface area contributed by atoms with Gasteiger partial charge in [0.2, 0.25) is 0 Å². The number of halogens is 1. The molecule has 0 aromatic carbocycles. The zero-order valence-corrected chi connectivity index (χ0v) is 10.8. The van der Waals surface area contributed by atoms with E-state index >= 15 is 0 Å². The lowest BCUT2D eigenvalue weighted by atomic mass is 10.4. The van der Waals surface area contributed by atoms with Crippen molar-refractivity contribution in [3.8, 4) is 0 Å². The molecular formula is C10H10BrN3OS. The van der Waals surface area contributed by atoms with Gasteiger partial charge in [-0.2, -0.15) is 0 Å². The Morgan fingerprint density at radius 3 is 3.19 bits per heavy atom. The van der Waals surface area contributed by atoms with E-state index in [0.29, 0.717) is 11.6 Å². The summed E-state index contributed by atoms with van der Waals surface area (Å²) in [6.45, 7) is 0.774. The minimum Gasteiger partial charge on any atom is -0.350 e. The highest BCUT2D eigenvalue weighted by Crippen LogP contribution is 2.28. The van der Waals surface area contributed by atoms with E-state index in [-0.39, 0.29) is 5.91 Å². The lowest BCUT2D eigenvalue weighted by molar-refractivity contribution is 0.0946. The van der Waals surface area contributed by atoms with Gasteiger partial charge in [-0.05, 0) is 34.7 Å². The number of thiazole rings is 1. The van der Waals surface area contributed by atoms with Crippen LogP contribution < -0.4 is 5.32 Å². The third-order valence-electron chi connectivity index (χ3n) is 2.67. The Kier molecular flexibility index (Phi) is 2.48. The maximum absolute atomic E-state index is 11.9. The molecule has 1 aliphatic carbocycles. The van der Waals surface area contributed by atoms with Crippen molar-refractivity contribution < 1.29 is 4.79 Å². The van der Waals surface area contributed by atoms with Crippen LogP contribution in [0.4, 0.5) is 0 Å². The van der Waals surface area contributed by atoms with Crippen LogP contribution >= 0.6 is 27.3 Å². The smallest absolute Gasteiger partial charge is 0.272 e. The molecule has 2 aromatic heterocycles. The number of hydrogen-bond acceptors (Lipinski definition) is 3. The fourth-order valence-electron chi connectivity index (χ4n) is 1.55. The normalized spacial score (nSPS) is 15.6. The number of carbonyl (C=O) groups excluding carboxylic acids is 1. The number of rotatable bonds is 3. The van der Waals surface area contributed by atoms with Gasteiger partial charge in [0.15, 0.2) is 10.7 Å². The van der Waals surface area contributed by atoms with Gasteiger partial charge in [-0.1, -0.05) is 0 Å². The molecule has 0 bridgehead atoms. The van der Waals surface area contributed by atoms with Crippen LogP contribution in [0.3, 0.4) is 0 Å². The average molecular weight is 300 g/mol. The molecule has 3 rings (SSSR count). The molecule has 0 aliphatic heterocycles. The second-order valence-corrected chi connectivity index (χ2v) is 5.58. The van der Waals surface area contributed by atoms with Crippen LogP contribution in [0, 0.1) is 5.92 Å². The summed E-state index contributed by atoms with van der Waals surface area (Å²) in [5.74, 6) is 0.598. The van der Waals surface area contributed by atoms with E-state index in [1.54, 1.807) is 0 Å². The summed E-state index contributed by atoms with van der Waals surface area (Å²) in [6, 6.07) is 0. The quantitative estimate of drug-likeness (QED) is 0.945. The predicted octanol–water partition coefficient (Wildman–Crippen LogP) is 2.30. The lowest BCUT2D eigenvalue weighted by Gasteiger charge is -2.01. The van der Waals surface area contributed by atoms with Crippen molar-refractivity contribution in [2.75, 3.05) is 6.54 Å². The Hall–Kier alpha value is -0.880. The van der Waals surface area contributed by atoms with Crippen molar-refractivity contribution >= 4 is 38.1 Å². The number of aromatic nitrogens is 2. The topological polar surface area (TPSA) is 46.4 Å². The monoisotopic (exact) mass is 299 g/mol. The van der Waals surface area contributed by atoms with Crippen LogP contribution in [0.2, 0.25) is 0 Å². The Bertz CT molecular complexity index is 543. The van der Waals surface area contributed by atoms with Crippen molar-refractivity contribution in [3.05, 3.63) is 21.9 Å². The van der Waals surface area contributed by atoms with Crippen LogP contribution in [-0.4, -0.2) is 21.8 Å². The average Bonchev–Trinajstić information content (AvgIpc) is 2.89. The first kappa shape index (κ1) is 10.3. The number of nitrogens with one attached hydrogen (secondary N) is 1. The summed E-state index contributed by atoms with van der Waals surface area (Å²) in [4.78, 5) is 17.0. The van der Waals surface area contributed by atoms with Crippen LogP contribution in [0.5, 0.6) is 0 Å². The van der Waals surface area contributed by atoms with Gasteiger partial charge >= 0.3 is 0 Å². The fourth-order valence-corrected chi connectivity index (χ4v) is 2.93. The molecule has 84 valence electrons. The maximum atomic E-state index is 11.9. The molecule has 1 aliphatic rings. The molecule has 2 heterocycles. The zero-order chi connectivity index (χ0) is 11.1. The van der Waals surface area contributed by atoms with Gasteiger partial charge in [0.05, 0.1) is 0 Å². The van der Waals surface area contributed by atoms with Gasteiger partial charge in [-0.25, -0.2) is 4.98 Å². The first-order valence-corrected chi connectivity index (χ1v) is 6.82. The summed E-state index contributed by atoms with van der Waals surface area (Å²) < 4.78 is 2.61. The summed E-state index contributed by atoms with van der Waals surface area (Å²) in [5.41, 5.74) is 0.479. The van der Waals surface area contributed by atoms with E-state index < -0.39 is 0 Å².